The highest BCUT2D eigenvalue weighted by Crippen LogP contribution is 2.28. The second-order valence-electron chi connectivity index (χ2n) is 7.01. The quantitative estimate of drug-likeness (QED) is 0.664. The van der Waals surface area contributed by atoms with Gasteiger partial charge in [0.2, 0.25) is 0 Å². The van der Waals surface area contributed by atoms with E-state index in [0.29, 0.717) is 36.1 Å². The number of rotatable bonds is 9. The lowest BCUT2D eigenvalue weighted by Gasteiger charge is -2.22. The van der Waals surface area contributed by atoms with Gasteiger partial charge in [0, 0.05) is 6.54 Å². The van der Waals surface area contributed by atoms with E-state index in [1.165, 1.54) is 26.4 Å². The van der Waals surface area contributed by atoms with Gasteiger partial charge < -0.3 is 19.5 Å². The third kappa shape index (κ3) is 6.45. The largest absolute Gasteiger partial charge is 0.493 e. The monoisotopic (exact) mass is 377 g/mol. The van der Waals surface area contributed by atoms with Crippen LogP contribution in [-0.2, 0) is 9.53 Å². The number of nitrogens with one attached hydrogen (secondary N) is 1. The molecule has 1 amide bonds. The Bertz CT molecular complexity index is 625. The van der Waals surface area contributed by atoms with Gasteiger partial charge in [0.05, 0.1) is 19.3 Å². The fraction of sp³-hybridized carbons (Fsp3) is 0.619. The highest BCUT2D eigenvalue weighted by atomic mass is 16.5. The fourth-order valence-electron chi connectivity index (χ4n) is 3.19. The first-order valence-corrected chi connectivity index (χ1v) is 9.84. The first-order valence-electron chi connectivity index (χ1n) is 9.84. The molecule has 0 spiro atoms. The fourth-order valence-corrected chi connectivity index (χ4v) is 3.19. The molecule has 6 nitrogen and oxygen atoms in total. The minimum absolute atomic E-state index is 0.260. The molecule has 1 unspecified atom stereocenters. The maximum atomic E-state index is 12.4. The summed E-state index contributed by atoms with van der Waals surface area (Å²) in [5, 5.41) is 2.90. The van der Waals surface area contributed by atoms with Crippen LogP contribution in [0.2, 0.25) is 0 Å². The van der Waals surface area contributed by atoms with Gasteiger partial charge in [-0.15, -0.1) is 0 Å². The second-order valence-corrected chi connectivity index (χ2v) is 7.01. The number of carbonyl (C=O) groups excluding carboxylic acids is 2. The van der Waals surface area contributed by atoms with Gasteiger partial charge in [-0.2, -0.15) is 0 Å². The molecule has 2 rings (SSSR count). The number of esters is 1. The number of methoxy groups -OCH3 is 1. The maximum Gasteiger partial charge on any atom is 0.339 e. The number of ether oxygens (including phenoxy) is 3. The van der Waals surface area contributed by atoms with Crippen LogP contribution in [0.5, 0.6) is 11.5 Å². The van der Waals surface area contributed by atoms with Crippen molar-refractivity contribution in [3.63, 3.8) is 0 Å². The van der Waals surface area contributed by atoms with E-state index in [9.17, 15) is 9.59 Å². The van der Waals surface area contributed by atoms with E-state index in [0.717, 1.165) is 19.3 Å². The van der Waals surface area contributed by atoms with Crippen LogP contribution in [0.3, 0.4) is 0 Å². The first-order chi connectivity index (χ1) is 13.0. The molecule has 1 aliphatic rings. The van der Waals surface area contributed by atoms with Crippen LogP contribution in [0.15, 0.2) is 18.2 Å². The molecule has 0 aromatic heterocycles. The molecule has 1 N–H and O–H groups in total. The zero-order valence-electron chi connectivity index (χ0n) is 16.6. The third-order valence-corrected chi connectivity index (χ3v) is 4.80. The minimum Gasteiger partial charge on any atom is -0.493 e. The first kappa shape index (κ1) is 21.1. The predicted molar refractivity (Wildman–Crippen MR) is 103 cm³/mol. The Morgan fingerprint density at radius 3 is 2.59 bits per heavy atom. The normalized spacial score (nSPS) is 15.7. The summed E-state index contributed by atoms with van der Waals surface area (Å²) in [7, 11) is 1.52. The van der Waals surface area contributed by atoms with Crippen molar-refractivity contribution >= 4 is 11.9 Å². The van der Waals surface area contributed by atoms with Crippen molar-refractivity contribution in [2.75, 3.05) is 20.3 Å². The Labute approximate surface area is 161 Å². The molecule has 1 atom stereocenters. The van der Waals surface area contributed by atoms with Gasteiger partial charge in [-0.05, 0) is 50.3 Å². The average molecular weight is 377 g/mol. The molecule has 0 aliphatic heterocycles. The number of hydrogen-bond donors (Lipinski definition) is 1. The van der Waals surface area contributed by atoms with Gasteiger partial charge in [0.15, 0.2) is 17.6 Å². The molecule has 0 bridgehead atoms. The molecule has 6 heteroatoms. The van der Waals surface area contributed by atoms with E-state index in [4.69, 9.17) is 14.2 Å². The molecule has 1 aromatic carbocycles. The molecule has 1 saturated carbocycles. The lowest BCUT2D eigenvalue weighted by Crippen LogP contribution is -2.38. The molecule has 1 fully saturated rings. The standard InChI is InChI=1S/C21H31NO5/c1-4-12-26-18-11-10-17(13-19(18)25-3)21(24)27-15(2)20(23)22-14-16-8-6-5-7-9-16/h10-11,13,15-16H,4-9,12,14H2,1-3H3,(H,22,23). The third-order valence-electron chi connectivity index (χ3n) is 4.80. The smallest absolute Gasteiger partial charge is 0.339 e. The molecule has 1 aliphatic carbocycles. The Balaban J connectivity index is 1.87. The van der Waals surface area contributed by atoms with E-state index in [1.807, 2.05) is 6.92 Å². The van der Waals surface area contributed by atoms with E-state index in [2.05, 4.69) is 5.32 Å². The van der Waals surface area contributed by atoms with Crippen LogP contribution in [0, 0.1) is 5.92 Å². The molecule has 1 aromatic rings. The Morgan fingerprint density at radius 2 is 1.93 bits per heavy atom. The van der Waals surface area contributed by atoms with E-state index in [1.54, 1.807) is 25.1 Å². The van der Waals surface area contributed by atoms with Gasteiger partial charge >= 0.3 is 5.97 Å². The number of benzene rings is 1. The van der Waals surface area contributed by atoms with Crippen LogP contribution in [0.4, 0.5) is 0 Å². The van der Waals surface area contributed by atoms with Crippen molar-refractivity contribution < 1.29 is 23.8 Å². The van der Waals surface area contributed by atoms with Gasteiger partial charge in [-0.25, -0.2) is 4.79 Å². The maximum absolute atomic E-state index is 12.4. The van der Waals surface area contributed by atoms with Crippen LogP contribution in [0.1, 0.15) is 62.7 Å². The van der Waals surface area contributed by atoms with Gasteiger partial charge in [-0.1, -0.05) is 26.2 Å². The van der Waals surface area contributed by atoms with Crippen molar-refractivity contribution in [1.29, 1.82) is 0 Å². The summed E-state index contributed by atoms with van der Waals surface area (Å²) < 4.78 is 16.2. The number of hydrogen-bond acceptors (Lipinski definition) is 5. The average Bonchev–Trinajstić information content (AvgIpc) is 2.70. The topological polar surface area (TPSA) is 73.9 Å². The lowest BCUT2D eigenvalue weighted by molar-refractivity contribution is -0.129. The number of amides is 1. The summed E-state index contributed by atoms with van der Waals surface area (Å²) in [6.07, 6.45) is 6.07. The zero-order chi connectivity index (χ0) is 19.6. The zero-order valence-corrected chi connectivity index (χ0v) is 16.6. The SMILES string of the molecule is CCCOc1ccc(C(=O)OC(C)C(=O)NCC2CCCCC2)cc1OC. The van der Waals surface area contributed by atoms with E-state index < -0.39 is 12.1 Å². The van der Waals surface area contributed by atoms with Crippen molar-refractivity contribution in [3.8, 4) is 11.5 Å². The van der Waals surface area contributed by atoms with Crippen LogP contribution in [0.25, 0.3) is 0 Å². The molecule has 150 valence electrons. The van der Waals surface area contributed by atoms with Crippen molar-refractivity contribution in [2.24, 2.45) is 5.92 Å². The summed E-state index contributed by atoms with van der Waals surface area (Å²) in [6, 6.07) is 4.86. The summed E-state index contributed by atoms with van der Waals surface area (Å²) in [5.74, 6) is 0.756. The highest BCUT2D eigenvalue weighted by Gasteiger charge is 2.21. The van der Waals surface area contributed by atoms with E-state index in [-0.39, 0.29) is 5.91 Å². The number of carbonyl (C=O) groups is 2. The summed E-state index contributed by atoms with van der Waals surface area (Å²) in [6.45, 7) is 4.82. The summed E-state index contributed by atoms with van der Waals surface area (Å²) in [4.78, 5) is 24.6. The van der Waals surface area contributed by atoms with Gasteiger partial charge in [0.25, 0.3) is 5.91 Å². The van der Waals surface area contributed by atoms with Crippen molar-refractivity contribution in [3.05, 3.63) is 23.8 Å². The molecular weight excluding hydrogens is 346 g/mol. The highest BCUT2D eigenvalue weighted by molar-refractivity contribution is 5.92. The van der Waals surface area contributed by atoms with Crippen molar-refractivity contribution in [1.82, 2.24) is 5.32 Å². The Kier molecular flexibility index (Phi) is 8.43. The molecule has 0 heterocycles. The van der Waals surface area contributed by atoms with Crippen molar-refractivity contribution in [2.45, 2.75) is 58.5 Å². The van der Waals surface area contributed by atoms with Gasteiger partial charge in [0.1, 0.15) is 0 Å². The van der Waals surface area contributed by atoms with Crippen LogP contribution in [-0.4, -0.2) is 38.2 Å². The predicted octanol–water partition coefficient (Wildman–Crippen LogP) is 3.73. The molecule has 27 heavy (non-hydrogen) atoms. The Hall–Kier alpha value is -2.24. The second kappa shape index (κ2) is 10.8. The van der Waals surface area contributed by atoms with Crippen LogP contribution < -0.4 is 14.8 Å². The molecular formula is C21H31NO5. The molecule has 0 saturated heterocycles. The van der Waals surface area contributed by atoms with Gasteiger partial charge in [-0.3, -0.25) is 4.79 Å². The summed E-state index contributed by atoms with van der Waals surface area (Å²) >= 11 is 0. The van der Waals surface area contributed by atoms with Crippen LogP contribution >= 0.6 is 0 Å². The summed E-state index contributed by atoms with van der Waals surface area (Å²) in [5.41, 5.74) is 0.322. The lowest BCUT2D eigenvalue weighted by atomic mass is 9.89. The minimum atomic E-state index is -0.844. The Morgan fingerprint density at radius 1 is 1.19 bits per heavy atom. The van der Waals surface area contributed by atoms with E-state index >= 15 is 0 Å². The molecule has 0 radical (unpaired) electrons.